The zero-order valence-electron chi connectivity index (χ0n) is 17.7. The van der Waals surface area contributed by atoms with Gasteiger partial charge in [0.05, 0.1) is 31.0 Å². The van der Waals surface area contributed by atoms with Crippen LogP contribution in [0.5, 0.6) is 0 Å². The number of ether oxygens (including phenoxy) is 2. The van der Waals surface area contributed by atoms with Crippen LogP contribution < -0.4 is 10.5 Å². The normalized spacial score (nSPS) is 22.4. The van der Waals surface area contributed by atoms with Crippen LogP contribution in [0.15, 0.2) is 34.8 Å². The average molecular weight is 423 g/mol. The van der Waals surface area contributed by atoms with E-state index in [1.165, 1.54) is 10.5 Å². The Morgan fingerprint density at radius 3 is 2.61 bits per heavy atom. The molecule has 0 spiro atoms. The van der Waals surface area contributed by atoms with E-state index < -0.39 is 5.91 Å². The van der Waals surface area contributed by atoms with Crippen molar-refractivity contribution in [3.63, 3.8) is 0 Å². The van der Waals surface area contributed by atoms with Crippen LogP contribution >= 0.6 is 0 Å². The lowest BCUT2D eigenvalue weighted by Crippen LogP contribution is -2.46. The van der Waals surface area contributed by atoms with Crippen LogP contribution in [0.2, 0.25) is 0 Å². The van der Waals surface area contributed by atoms with Crippen LogP contribution in [0.4, 0.5) is 5.82 Å². The van der Waals surface area contributed by atoms with Crippen LogP contribution in [0.3, 0.4) is 0 Å². The van der Waals surface area contributed by atoms with Crippen molar-refractivity contribution in [3.05, 3.63) is 45.9 Å². The molecule has 2 aromatic rings. The summed E-state index contributed by atoms with van der Waals surface area (Å²) >= 11 is 0. The Morgan fingerprint density at radius 2 is 1.94 bits per heavy atom. The molecule has 4 rings (SSSR count). The highest BCUT2D eigenvalue weighted by Gasteiger charge is 2.28. The van der Waals surface area contributed by atoms with E-state index in [0.29, 0.717) is 50.9 Å². The molecule has 2 fully saturated rings. The number of amides is 1. The molecule has 2 aliphatic heterocycles. The monoisotopic (exact) mass is 423 g/mol. The molecule has 2 aromatic heterocycles. The molecule has 9 heteroatoms. The Morgan fingerprint density at radius 1 is 1.23 bits per heavy atom. The predicted octanol–water partition coefficient (Wildman–Crippen LogP) is 1.07. The average Bonchev–Trinajstić information content (AvgIpc) is 2.78. The second-order valence-electron chi connectivity index (χ2n) is 7.82. The minimum absolute atomic E-state index is 0.0398. The van der Waals surface area contributed by atoms with Gasteiger partial charge in [-0.15, -0.1) is 0 Å². The Bertz CT molecular complexity index is 1100. The summed E-state index contributed by atoms with van der Waals surface area (Å²) in [6, 6.07) is 7.30. The van der Waals surface area contributed by atoms with Crippen molar-refractivity contribution in [1.82, 2.24) is 14.3 Å². The molecule has 2 unspecified atom stereocenters. The molecule has 4 heterocycles. The van der Waals surface area contributed by atoms with Crippen LogP contribution in [-0.4, -0.2) is 71.8 Å². The first-order valence-corrected chi connectivity index (χ1v) is 10.4. The maximum atomic E-state index is 13.4. The van der Waals surface area contributed by atoms with Gasteiger partial charge in [-0.2, -0.15) is 5.26 Å². The molecule has 0 N–H and O–H groups in total. The van der Waals surface area contributed by atoms with Gasteiger partial charge >= 0.3 is 0 Å². The van der Waals surface area contributed by atoms with Gasteiger partial charge in [0, 0.05) is 32.4 Å². The molecule has 0 saturated carbocycles. The van der Waals surface area contributed by atoms with Gasteiger partial charge in [-0.1, -0.05) is 6.07 Å². The van der Waals surface area contributed by atoms with E-state index >= 15 is 0 Å². The maximum Gasteiger partial charge on any atom is 0.267 e. The third kappa shape index (κ3) is 4.31. The van der Waals surface area contributed by atoms with Gasteiger partial charge in [0.15, 0.2) is 0 Å². The summed E-state index contributed by atoms with van der Waals surface area (Å²) < 4.78 is 12.5. The summed E-state index contributed by atoms with van der Waals surface area (Å²) in [5, 5.41) is 9.72. The number of morpholine rings is 2. The van der Waals surface area contributed by atoms with E-state index in [1.54, 1.807) is 23.2 Å². The maximum absolute atomic E-state index is 13.4. The molecule has 31 heavy (non-hydrogen) atoms. The minimum atomic E-state index is -0.405. The highest BCUT2D eigenvalue weighted by atomic mass is 16.5. The molecular formula is C22H25N5O4. The van der Waals surface area contributed by atoms with E-state index in [9.17, 15) is 14.9 Å². The number of nitrogens with zero attached hydrogens (tertiary/aromatic N) is 5. The smallest absolute Gasteiger partial charge is 0.267 e. The number of aromatic nitrogens is 2. The zero-order valence-corrected chi connectivity index (χ0v) is 17.7. The first-order valence-electron chi connectivity index (χ1n) is 10.4. The molecule has 0 radical (unpaired) electrons. The quantitative estimate of drug-likeness (QED) is 0.538. The number of pyridine rings is 1. The standard InChI is InChI=1S/C22H25N5O4/c1-15-13-26(14-16(2)31-15)20-18(22(29)27-6-4-3-5-19(27)24-20)11-17(12-23)21(28)25-7-9-30-10-8-25/h3-6,11,15-16H,7-10,13-14H2,1-2H3/b17-11+. The van der Waals surface area contributed by atoms with E-state index in [1.807, 2.05) is 30.9 Å². The van der Waals surface area contributed by atoms with E-state index in [4.69, 9.17) is 14.5 Å². The van der Waals surface area contributed by atoms with Gasteiger partial charge in [0.2, 0.25) is 0 Å². The van der Waals surface area contributed by atoms with E-state index in [2.05, 4.69) is 0 Å². The van der Waals surface area contributed by atoms with Gasteiger partial charge in [0.25, 0.3) is 11.5 Å². The Kier molecular flexibility index (Phi) is 6.02. The van der Waals surface area contributed by atoms with Crippen molar-refractivity contribution in [2.45, 2.75) is 26.1 Å². The number of carbonyl (C=O) groups excluding carboxylic acids is 1. The number of rotatable bonds is 3. The lowest BCUT2D eigenvalue weighted by molar-refractivity contribution is -0.130. The van der Waals surface area contributed by atoms with Crippen molar-refractivity contribution >= 4 is 23.4 Å². The predicted molar refractivity (Wildman–Crippen MR) is 115 cm³/mol. The fraction of sp³-hybridized carbons (Fsp3) is 0.455. The highest BCUT2D eigenvalue weighted by Crippen LogP contribution is 2.23. The molecule has 162 valence electrons. The summed E-state index contributed by atoms with van der Waals surface area (Å²) in [6.45, 7) is 6.73. The van der Waals surface area contributed by atoms with Crippen molar-refractivity contribution < 1.29 is 14.3 Å². The lowest BCUT2D eigenvalue weighted by atomic mass is 10.1. The summed E-state index contributed by atoms with van der Waals surface area (Å²) in [6.07, 6.45) is 2.93. The number of hydrogen-bond donors (Lipinski definition) is 0. The number of nitriles is 1. The van der Waals surface area contributed by atoms with Gasteiger partial charge in [-0.25, -0.2) is 4.98 Å². The molecule has 0 bridgehead atoms. The summed E-state index contributed by atoms with van der Waals surface area (Å²) in [5.41, 5.74) is 0.315. The first kappa shape index (κ1) is 21.0. The fourth-order valence-corrected chi connectivity index (χ4v) is 4.03. The second kappa shape index (κ2) is 8.88. The van der Waals surface area contributed by atoms with Gasteiger partial charge < -0.3 is 19.3 Å². The van der Waals surface area contributed by atoms with Crippen molar-refractivity contribution in [2.75, 3.05) is 44.3 Å². The Hall–Kier alpha value is -3.22. The van der Waals surface area contributed by atoms with Crippen LogP contribution in [0.1, 0.15) is 19.4 Å². The number of anilines is 1. The van der Waals surface area contributed by atoms with Crippen molar-refractivity contribution in [2.24, 2.45) is 0 Å². The molecule has 0 aromatic carbocycles. The van der Waals surface area contributed by atoms with Gasteiger partial charge in [-0.05, 0) is 32.1 Å². The van der Waals surface area contributed by atoms with Crippen LogP contribution in [-0.2, 0) is 14.3 Å². The third-order valence-electron chi connectivity index (χ3n) is 5.41. The summed E-state index contributed by atoms with van der Waals surface area (Å²) in [7, 11) is 0. The Balaban J connectivity index is 1.84. The van der Waals surface area contributed by atoms with Gasteiger partial charge in [-0.3, -0.25) is 14.0 Å². The largest absolute Gasteiger partial charge is 0.378 e. The zero-order chi connectivity index (χ0) is 22.0. The highest BCUT2D eigenvalue weighted by molar-refractivity contribution is 6.02. The van der Waals surface area contributed by atoms with Crippen molar-refractivity contribution in [3.8, 4) is 6.07 Å². The van der Waals surface area contributed by atoms with Crippen LogP contribution in [0, 0.1) is 11.3 Å². The molecule has 2 aliphatic rings. The molecular weight excluding hydrogens is 398 g/mol. The SMILES string of the molecule is CC1CN(c2nc3ccccn3c(=O)c2/C=C(\C#N)C(=O)N2CCOCC2)CC(C)O1. The van der Waals surface area contributed by atoms with E-state index in [-0.39, 0.29) is 28.9 Å². The molecule has 1 amide bonds. The third-order valence-corrected chi connectivity index (χ3v) is 5.41. The Labute approximate surface area is 180 Å². The molecule has 9 nitrogen and oxygen atoms in total. The van der Waals surface area contributed by atoms with Crippen molar-refractivity contribution in [1.29, 1.82) is 5.26 Å². The lowest BCUT2D eigenvalue weighted by Gasteiger charge is -2.36. The van der Waals surface area contributed by atoms with E-state index in [0.717, 1.165) is 0 Å². The number of carbonyl (C=O) groups is 1. The van der Waals surface area contributed by atoms with Crippen LogP contribution in [0.25, 0.3) is 11.7 Å². The summed E-state index contributed by atoms with van der Waals surface area (Å²) in [4.78, 5) is 34.6. The molecule has 2 atom stereocenters. The topological polar surface area (TPSA) is 100 Å². The molecule has 2 saturated heterocycles. The molecule has 0 aliphatic carbocycles. The minimum Gasteiger partial charge on any atom is -0.378 e. The second-order valence-corrected chi connectivity index (χ2v) is 7.82. The number of fused-ring (bicyclic) bond motifs is 1. The fourth-order valence-electron chi connectivity index (χ4n) is 4.03. The number of hydrogen-bond acceptors (Lipinski definition) is 7. The van der Waals surface area contributed by atoms with Gasteiger partial charge in [0.1, 0.15) is 23.1 Å². The summed E-state index contributed by atoms with van der Waals surface area (Å²) in [5.74, 6) is 0.0544. The first-order chi connectivity index (χ1) is 15.0.